The van der Waals surface area contributed by atoms with Gasteiger partial charge in [-0.1, -0.05) is 0 Å². The number of rotatable bonds is 0. The second-order valence-electron chi connectivity index (χ2n) is 3.73. The van der Waals surface area contributed by atoms with E-state index >= 15 is 0 Å². The van der Waals surface area contributed by atoms with Gasteiger partial charge < -0.3 is 0 Å². The van der Waals surface area contributed by atoms with Gasteiger partial charge in [0.05, 0.1) is 0 Å². The Morgan fingerprint density at radius 1 is 0.750 bits per heavy atom. The highest BCUT2D eigenvalue weighted by molar-refractivity contribution is 8.87. The van der Waals surface area contributed by atoms with Crippen molar-refractivity contribution in [3.8, 4) is 0 Å². The Morgan fingerprint density at radius 2 is 1.25 bits per heavy atom. The molecule has 4 aliphatic rings. The predicted octanol–water partition coefficient (Wildman–Crippen LogP) is 1.54. The molecule has 2 unspecified atom stereocenters. The molecule has 0 fully saturated rings. The van der Waals surface area contributed by atoms with Crippen LogP contribution in [0.15, 0.2) is 50.8 Å². The van der Waals surface area contributed by atoms with Gasteiger partial charge in [0.15, 0.2) is 34.1 Å². The molecule has 0 bridgehead atoms. The summed E-state index contributed by atoms with van der Waals surface area (Å²) in [7, 11) is 2.66. The van der Waals surface area contributed by atoms with Crippen molar-refractivity contribution in [2.45, 2.75) is 12.1 Å². The predicted molar refractivity (Wildman–Crippen MR) is 79.2 cm³/mol. The van der Waals surface area contributed by atoms with Gasteiger partial charge in [0.25, 0.3) is 0 Å². The largest absolute Gasteiger partial charge is 0.232 e. The van der Waals surface area contributed by atoms with E-state index in [1.54, 1.807) is 12.4 Å². The topological polar surface area (TPSA) is 124 Å². The molecule has 0 aromatic carbocycles. The maximum atomic E-state index is 4.24. The summed E-state index contributed by atoms with van der Waals surface area (Å²) < 4.78 is 0. The third-order valence-electron chi connectivity index (χ3n) is 2.44. The number of fused-ring (bicyclic) bond motifs is 2. The standard InChI is InChI=1S/C8H4N10S2/c1-3-5(15-17-13-3)11-7(9-1)19-20-8-10-2-4-6(12-8)16-18-14-4/h1-4H. The summed E-state index contributed by atoms with van der Waals surface area (Å²) in [6.45, 7) is 0. The molecule has 98 valence electrons. The fourth-order valence-corrected chi connectivity index (χ4v) is 3.07. The minimum Gasteiger partial charge on any atom is -0.232 e. The van der Waals surface area contributed by atoms with Crippen LogP contribution >= 0.6 is 21.6 Å². The maximum absolute atomic E-state index is 4.24. The van der Waals surface area contributed by atoms with Crippen molar-refractivity contribution in [3.63, 3.8) is 0 Å². The van der Waals surface area contributed by atoms with E-state index in [2.05, 4.69) is 50.8 Å². The zero-order valence-corrected chi connectivity index (χ0v) is 11.2. The molecule has 0 aromatic rings. The van der Waals surface area contributed by atoms with Crippen molar-refractivity contribution in [1.82, 2.24) is 0 Å². The second-order valence-corrected chi connectivity index (χ2v) is 5.79. The van der Waals surface area contributed by atoms with Gasteiger partial charge in [-0.25, -0.2) is 20.0 Å². The molecule has 0 amide bonds. The van der Waals surface area contributed by atoms with Gasteiger partial charge in [0, 0.05) is 12.4 Å². The summed E-state index contributed by atoms with van der Waals surface area (Å²) in [5, 5.41) is 23.6. The van der Waals surface area contributed by atoms with Gasteiger partial charge in [0.2, 0.25) is 0 Å². The van der Waals surface area contributed by atoms with E-state index in [4.69, 9.17) is 0 Å². The first kappa shape index (κ1) is 11.7. The molecular formula is C8H4N10S2. The number of hydrogen-bond acceptors (Lipinski definition) is 12. The van der Waals surface area contributed by atoms with Crippen LogP contribution in [0.25, 0.3) is 0 Å². The van der Waals surface area contributed by atoms with Crippen LogP contribution in [0, 0.1) is 0 Å². The first-order chi connectivity index (χ1) is 9.88. The van der Waals surface area contributed by atoms with E-state index in [0.717, 1.165) is 0 Å². The highest BCUT2D eigenvalue weighted by Crippen LogP contribution is 2.29. The number of nitrogens with zero attached hydrogens (tertiary/aromatic N) is 10. The molecule has 0 spiro atoms. The van der Waals surface area contributed by atoms with Gasteiger partial charge >= 0.3 is 0 Å². The van der Waals surface area contributed by atoms with Crippen molar-refractivity contribution >= 4 is 56.0 Å². The van der Waals surface area contributed by atoms with Gasteiger partial charge in [-0.2, -0.15) is 10.2 Å². The molecule has 10 nitrogen and oxygen atoms in total. The Balaban J connectivity index is 1.42. The lowest BCUT2D eigenvalue weighted by Crippen LogP contribution is -2.21. The molecule has 12 heteroatoms. The van der Waals surface area contributed by atoms with Gasteiger partial charge in [-0.05, 0) is 32.0 Å². The van der Waals surface area contributed by atoms with Crippen molar-refractivity contribution in [1.29, 1.82) is 0 Å². The monoisotopic (exact) mass is 304 g/mol. The van der Waals surface area contributed by atoms with Gasteiger partial charge in [-0.3, -0.25) is 0 Å². The van der Waals surface area contributed by atoms with Crippen molar-refractivity contribution < 1.29 is 0 Å². The Kier molecular flexibility index (Phi) is 2.81. The lowest BCUT2D eigenvalue weighted by molar-refractivity contribution is 1.01. The average molecular weight is 304 g/mol. The second kappa shape index (κ2) is 4.79. The summed E-state index contributed by atoms with van der Waals surface area (Å²) in [5.74, 6) is 1.10. The fraction of sp³-hybridized carbons (Fsp3) is 0.250. The normalized spacial score (nSPS) is 28.8. The van der Waals surface area contributed by atoms with Gasteiger partial charge in [0.1, 0.15) is 0 Å². The van der Waals surface area contributed by atoms with Crippen molar-refractivity contribution in [2.75, 3.05) is 0 Å². The van der Waals surface area contributed by atoms with E-state index < -0.39 is 0 Å². The maximum Gasteiger partial charge on any atom is 0.200 e. The first-order valence-corrected chi connectivity index (χ1v) is 7.59. The Labute approximate surface area is 119 Å². The third kappa shape index (κ3) is 2.12. The minimum absolute atomic E-state index is 0.244. The van der Waals surface area contributed by atoms with Crippen LogP contribution in [0.3, 0.4) is 0 Å². The lowest BCUT2D eigenvalue weighted by Gasteiger charge is -2.09. The van der Waals surface area contributed by atoms with E-state index in [-0.39, 0.29) is 12.1 Å². The van der Waals surface area contributed by atoms with Crippen molar-refractivity contribution in [2.24, 2.45) is 50.8 Å². The van der Waals surface area contributed by atoms with E-state index in [1.165, 1.54) is 21.6 Å². The summed E-state index contributed by atoms with van der Waals surface area (Å²) in [6, 6.07) is -0.488. The summed E-state index contributed by atoms with van der Waals surface area (Å²) in [6.07, 6.45) is 3.32. The SMILES string of the molecule is C1=NC(SSC2=NC3=NN=NC3C=N2)=NC2=NN=NC12. The van der Waals surface area contributed by atoms with E-state index in [1.807, 2.05) is 0 Å². The zero-order chi connectivity index (χ0) is 13.4. The lowest BCUT2D eigenvalue weighted by atomic mass is 10.3. The van der Waals surface area contributed by atoms with Crippen LogP contribution < -0.4 is 0 Å². The molecule has 0 aromatic heterocycles. The van der Waals surface area contributed by atoms with Crippen LogP contribution in [0.5, 0.6) is 0 Å². The highest BCUT2D eigenvalue weighted by Gasteiger charge is 2.25. The zero-order valence-electron chi connectivity index (χ0n) is 9.60. The summed E-state index contributed by atoms with van der Waals surface area (Å²) in [5.41, 5.74) is 0. The fourth-order valence-electron chi connectivity index (χ4n) is 1.52. The van der Waals surface area contributed by atoms with Crippen LogP contribution in [0.1, 0.15) is 0 Å². The molecule has 2 atom stereocenters. The molecule has 4 rings (SSSR count). The minimum atomic E-state index is -0.244. The number of hydrogen-bond donors (Lipinski definition) is 0. The van der Waals surface area contributed by atoms with Crippen LogP contribution in [0.2, 0.25) is 0 Å². The molecular weight excluding hydrogens is 300 g/mol. The molecule has 4 aliphatic heterocycles. The molecule has 0 saturated heterocycles. The Bertz CT molecular complexity index is 636. The smallest absolute Gasteiger partial charge is 0.200 e. The summed E-state index contributed by atoms with van der Waals surface area (Å²) >= 11 is 0. The number of aliphatic imine (C=N–C) groups is 4. The third-order valence-corrected chi connectivity index (χ3v) is 4.36. The van der Waals surface area contributed by atoms with Crippen LogP contribution in [-0.2, 0) is 0 Å². The molecule has 20 heavy (non-hydrogen) atoms. The van der Waals surface area contributed by atoms with Gasteiger partial charge in [-0.15, -0.1) is 10.2 Å². The Morgan fingerprint density at radius 3 is 1.75 bits per heavy atom. The van der Waals surface area contributed by atoms with E-state index in [9.17, 15) is 0 Å². The van der Waals surface area contributed by atoms with E-state index in [0.29, 0.717) is 22.0 Å². The molecule has 0 saturated carbocycles. The summed E-state index contributed by atoms with van der Waals surface area (Å²) in [4.78, 5) is 16.9. The van der Waals surface area contributed by atoms with Crippen LogP contribution in [0.4, 0.5) is 0 Å². The molecule has 4 heterocycles. The molecule has 0 aliphatic carbocycles. The molecule has 0 radical (unpaired) electrons. The number of amidine groups is 4. The Hall–Kier alpha value is -2.08. The quantitative estimate of drug-likeness (QED) is 0.630. The highest BCUT2D eigenvalue weighted by atomic mass is 33.1. The van der Waals surface area contributed by atoms with Crippen LogP contribution in [-0.4, -0.2) is 46.5 Å². The first-order valence-electron chi connectivity index (χ1n) is 5.44. The average Bonchev–Trinajstić information content (AvgIpc) is 3.12. The van der Waals surface area contributed by atoms with Crippen molar-refractivity contribution in [3.05, 3.63) is 0 Å². The molecule has 0 N–H and O–H groups in total.